The smallest absolute Gasteiger partial charge is 0.326 e. The van der Waals surface area contributed by atoms with Crippen LogP contribution in [-0.4, -0.2) is 62.4 Å². The summed E-state index contributed by atoms with van der Waals surface area (Å²) in [6, 6.07) is 0.396. The summed E-state index contributed by atoms with van der Waals surface area (Å²) in [7, 11) is 1.73. The molecule has 1 N–H and O–H groups in total. The topological polar surface area (TPSA) is 50.8 Å². The van der Waals surface area contributed by atoms with Crippen molar-refractivity contribution in [1.82, 2.24) is 10.2 Å². The minimum atomic E-state index is -0.589. The van der Waals surface area contributed by atoms with Crippen molar-refractivity contribution in [3.63, 3.8) is 0 Å². The highest BCUT2D eigenvalue weighted by Crippen LogP contribution is 2.16. The predicted octanol–water partition coefficient (Wildman–Crippen LogP) is 2.05. The van der Waals surface area contributed by atoms with Gasteiger partial charge >= 0.3 is 5.97 Å². The average molecular weight is 302 g/mol. The largest absolute Gasteiger partial charge is 0.465 e. The average Bonchev–Trinajstić information content (AvgIpc) is 2.44. The zero-order valence-electron chi connectivity index (χ0n) is 14.7. The van der Waals surface area contributed by atoms with E-state index in [1.54, 1.807) is 7.11 Å². The lowest BCUT2D eigenvalue weighted by molar-refractivity contribution is -0.150. The second-order valence-corrected chi connectivity index (χ2v) is 5.62. The Bertz CT molecular complexity index is 287. The van der Waals surface area contributed by atoms with Gasteiger partial charge in [-0.05, 0) is 53.2 Å². The maximum Gasteiger partial charge on any atom is 0.326 e. The fourth-order valence-electron chi connectivity index (χ4n) is 2.62. The van der Waals surface area contributed by atoms with Crippen molar-refractivity contribution >= 4 is 5.97 Å². The molecule has 126 valence electrons. The van der Waals surface area contributed by atoms with Crippen molar-refractivity contribution in [3.8, 4) is 0 Å². The lowest BCUT2D eigenvalue weighted by Gasteiger charge is -2.31. The van der Waals surface area contributed by atoms with Gasteiger partial charge in [-0.25, -0.2) is 0 Å². The number of esters is 1. The highest BCUT2D eigenvalue weighted by atomic mass is 16.5. The summed E-state index contributed by atoms with van der Waals surface area (Å²) in [5.41, 5.74) is -0.589. The normalized spacial score (nSPS) is 15.8. The number of nitrogens with zero attached hydrogens (tertiary/aromatic N) is 1. The maximum atomic E-state index is 12.1. The molecule has 21 heavy (non-hydrogen) atoms. The first kappa shape index (κ1) is 20.3. The molecule has 0 aliphatic carbocycles. The molecule has 0 aromatic rings. The van der Waals surface area contributed by atoms with Crippen molar-refractivity contribution in [3.05, 3.63) is 0 Å². The Kier molecular flexibility index (Phi) is 10.6. The lowest BCUT2D eigenvalue weighted by atomic mass is 9.95. The van der Waals surface area contributed by atoms with Crippen LogP contribution in [0.2, 0.25) is 0 Å². The van der Waals surface area contributed by atoms with Gasteiger partial charge in [-0.3, -0.25) is 9.69 Å². The van der Waals surface area contributed by atoms with Gasteiger partial charge in [-0.15, -0.1) is 0 Å². The molecule has 0 radical (unpaired) electrons. The van der Waals surface area contributed by atoms with E-state index in [2.05, 4.69) is 24.1 Å². The molecule has 0 saturated heterocycles. The third-order valence-electron chi connectivity index (χ3n) is 3.85. The predicted molar refractivity (Wildman–Crippen MR) is 86.5 cm³/mol. The van der Waals surface area contributed by atoms with Crippen molar-refractivity contribution in [2.75, 3.05) is 40.0 Å². The fraction of sp³-hybridized carbons (Fsp3) is 0.938. The fourth-order valence-corrected chi connectivity index (χ4v) is 2.62. The molecule has 2 atom stereocenters. The highest BCUT2D eigenvalue weighted by molar-refractivity contribution is 5.80. The third-order valence-corrected chi connectivity index (χ3v) is 3.85. The quantitative estimate of drug-likeness (QED) is 0.559. The monoisotopic (exact) mass is 302 g/mol. The van der Waals surface area contributed by atoms with Gasteiger partial charge in [0.05, 0.1) is 13.2 Å². The van der Waals surface area contributed by atoms with Crippen LogP contribution >= 0.6 is 0 Å². The van der Waals surface area contributed by atoms with E-state index < -0.39 is 5.54 Å². The molecule has 0 saturated carbocycles. The molecule has 0 heterocycles. The van der Waals surface area contributed by atoms with E-state index in [1.165, 1.54) is 0 Å². The Morgan fingerprint density at radius 3 is 2.48 bits per heavy atom. The summed E-state index contributed by atoms with van der Waals surface area (Å²) in [6.45, 7) is 14.0. The number of hydrogen-bond acceptors (Lipinski definition) is 5. The van der Waals surface area contributed by atoms with Crippen LogP contribution in [0.1, 0.15) is 47.5 Å². The van der Waals surface area contributed by atoms with Crippen molar-refractivity contribution in [2.24, 2.45) is 0 Å². The van der Waals surface area contributed by atoms with Crippen LogP contribution < -0.4 is 5.32 Å². The number of likely N-dealkylation sites (N-methyl/N-ethyl adjacent to an activating group) is 2. The summed E-state index contributed by atoms with van der Waals surface area (Å²) in [6.07, 6.45) is 1.72. The van der Waals surface area contributed by atoms with E-state index in [-0.39, 0.29) is 5.97 Å². The first-order valence-corrected chi connectivity index (χ1v) is 8.10. The summed E-state index contributed by atoms with van der Waals surface area (Å²) in [5, 5.41) is 3.27. The van der Waals surface area contributed by atoms with Gasteiger partial charge in [-0.2, -0.15) is 0 Å². The summed E-state index contributed by atoms with van der Waals surface area (Å²) in [5.74, 6) is -0.153. The molecule has 5 heteroatoms. The van der Waals surface area contributed by atoms with Gasteiger partial charge in [0.1, 0.15) is 5.54 Å². The van der Waals surface area contributed by atoms with E-state index in [9.17, 15) is 4.79 Å². The number of methoxy groups -OCH3 is 1. The van der Waals surface area contributed by atoms with E-state index in [0.29, 0.717) is 12.6 Å². The van der Waals surface area contributed by atoms with Crippen LogP contribution in [0.25, 0.3) is 0 Å². The highest BCUT2D eigenvalue weighted by Gasteiger charge is 2.33. The van der Waals surface area contributed by atoms with Crippen LogP contribution in [0.4, 0.5) is 0 Å². The molecule has 2 unspecified atom stereocenters. The Morgan fingerprint density at radius 2 is 2.00 bits per heavy atom. The van der Waals surface area contributed by atoms with Crippen LogP contribution in [0.3, 0.4) is 0 Å². The van der Waals surface area contributed by atoms with E-state index in [4.69, 9.17) is 9.47 Å². The SMILES string of the molecule is CCNC(C)(CCCN(CC)C(C)COC)C(=O)OCC. The van der Waals surface area contributed by atoms with Gasteiger partial charge in [0.2, 0.25) is 0 Å². The number of hydrogen-bond donors (Lipinski definition) is 1. The van der Waals surface area contributed by atoms with Gasteiger partial charge in [0.15, 0.2) is 0 Å². The summed E-state index contributed by atoms with van der Waals surface area (Å²) in [4.78, 5) is 14.5. The Balaban J connectivity index is 4.44. The summed E-state index contributed by atoms with van der Waals surface area (Å²) >= 11 is 0. The van der Waals surface area contributed by atoms with Crippen molar-refractivity contribution in [1.29, 1.82) is 0 Å². The molecule has 0 aliphatic heterocycles. The number of nitrogens with one attached hydrogen (secondary N) is 1. The maximum absolute atomic E-state index is 12.1. The van der Waals surface area contributed by atoms with Gasteiger partial charge in [-0.1, -0.05) is 13.8 Å². The molecule has 5 nitrogen and oxygen atoms in total. The van der Waals surface area contributed by atoms with Crippen molar-refractivity contribution in [2.45, 2.75) is 59.0 Å². The van der Waals surface area contributed by atoms with Crippen molar-refractivity contribution < 1.29 is 14.3 Å². The second-order valence-electron chi connectivity index (χ2n) is 5.62. The van der Waals surface area contributed by atoms with Crippen LogP contribution in [0, 0.1) is 0 Å². The molecule has 0 amide bonds. The molecular weight excluding hydrogens is 268 g/mol. The first-order valence-electron chi connectivity index (χ1n) is 8.10. The molecule has 0 spiro atoms. The Labute approximate surface area is 130 Å². The minimum Gasteiger partial charge on any atom is -0.465 e. The van der Waals surface area contributed by atoms with Crippen LogP contribution in [0.15, 0.2) is 0 Å². The van der Waals surface area contributed by atoms with Crippen LogP contribution in [0.5, 0.6) is 0 Å². The van der Waals surface area contributed by atoms with Gasteiger partial charge in [0.25, 0.3) is 0 Å². The number of carbonyl (C=O) groups is 1. The first-order chi connectivity index (χ1) is 9.95. The van der Waals surface area contributed by atoms with Gasteiger partial charge < -0.3 is 14.8 Å². The number of rotatable bonds is 12. The zero-order valence-corrected chi connectivity index (χ0v) is 14.7. The molecule has 0 aromatic heterocycles. The van der Waals surface area contributed by atoms with E-state index >= 15 is 0 Å². The number of ether oxygens (including phenoxy) is 2. The molecule has 0 rings (SSSR count). The Morgan fingerprint density at radius 1 is 1.33 bits per heavy atom. The van der Waals surface area contributed by atoms with Crippen LogP contribution in [-0.2, 0) is 14.3 Å². The molecule has 0 fully saturated rings. The minimum absolute atomic E-state index is 0.153. The third kappa shape index (κ3) is 7.25. The molecule has 0 aliphatic rings. The zero-order chi connectivity index (χ0) is 16.3. The Hall–Kier alpha value is -0.650. The number of carbonyl (C=O) groups excluding carboxylic acids is 1. The van der Waals surface area contributed by atoms with Gasteiger partial charge in [0, 0.05) is 13.2 Å². The second kappa shape index (κ2) is 11.0. The lowest BCUT2D eigenvalue weighted by Crippen LogP contribution is -2.51. The molecule has 0 bridgehead atoms. The van der Waals surface area contributed by atoms with E-state index in [1.807, 2.05) is 20.8 Å². The standard InChI is InChI=1S/C16H34N2O3/c1-7-17-16(5,15(19)21-9-3)11-10-12-18(8-2)14(4)13-20-6/h14,17H,7-13H2,1-6H3. The van der Waals surface area contributed by atoms with E-state index in [0.717, 1.165) is 39.1 Å². The molecular formula is C16H34N2O3. The molecule has 0 aromatic carbocycles. The summed E-state index contributed by atoms with van der Waals surface area (Å²) < 4.78 is 10.4.